The average molecular weight is 403 g/mol. The molecular formula is C24H23Zr-5. The van der Waals surface area contributed by atoms with Gasteiger partial charge < -0.3 is 7.43 Å². The van der Waals surface area contributed by atoms with Gasteiger partial charge in [0, 0.05) is 26.2 Å². The molecule has 0 bridgehead atoms. The molecule has 0 heterocycles. The Balaban J connectivity index is 0. The first-order valence-electron chi connectivity index (χ1n) is 7.45. The van der Waals surface area contributed by atoms with Gasteiger partial charge in [0.2, 0.25) is 0 Å². The molecule has 0 unspecified atom stereocenters. The maximum atomic E-state index is 2.99. The molecule has 25 heavy (non-hydrogen) atoms. The second-order valence-electron chi connectivity index (χ2n) is 4.24. The van der Waals surface area contributed by atoms with Gasteiger partial charge in [-0.05, 0) is 0 Å². The summed E-state index contributed by atoms with van der Waals surface area (Å²) >= 11 is 0. The average Bonchev–Trinajstić information content (AvgIpc) is 3.27. The van der Waals surface area contributed by atoms with Crippen LogP contribution in [-0.2, 0) is 26.2 Å². The van der Waals surface area contributed by atoms with Crippen LogP contribution in [0.15, 0.2) is 109 Å². The van der Waals surface area contributed by atoms with Gasteiger partial charge in [0.05, 0.1) is 0 Å². The number of rotatable bonds is 0. The summed E-state index contributed by atoms with van der Waals surface area (Å²) in [6.07, 6.45) is 10.0. The van der Waals surface area contributed by atoms with Crippen LogP contribution < -0.4 is 0 Å². The van der Waals surface area contributed by atoms with E-state index in [0.717, 1.165) is 6.42 Å². The third kappa shape index (κ3) is 20.0. The summed E-state index contributed by atoms with van der Waals surface area (Å²) in [7, 11) is 0. The molecule has 4 rings (SSSR count). The van der Waals surface area contributed by atoms with Gasteiger partial charge in [0.1, 0.15) is 0 Å². The zero-order chi connectivity index (χ0) is 16.3. The van der Waals surface area contributed by atoms with Crippen LogP contribution >= 0.6 is 0 Å². The molecule has 1 aliphatic rings. The van der Waals surface area contributed by atoms with Crippen molar-refractivity contribution >= 4 is 0 Å². The minimum absolute atomic E-state index is 0. The molecule has 0 amide bonds. The van der Waals surface area contributed by atoms with E-state index >= 15 is 0 Å². The quantitative estimate of drug-likeness (QED) is 0.392. The van der Waals surface area contributed by atoms with Crippen molar-refractivity contribution in [3.8, 4) is 0 Å². The Morgan fingerprint density at radius 3 is 0.960 bits per heavy atom. The predicted octanol–water partition coefficient (Wildman–Crippen LogP) is 6.21. The minimum Gasteiger partial charge on any atom is -0.358 e. The molecule has 0 nitrogen and oxygen atoms in total. The molecule has 0 aliphatic heterocycles. The van der Waals surface area contributed by atoms with Crippen molar-refractivity contribution in [3.63, 3.8) is 0 Å². The van der Waals surface area contributed by atoms with E-state index in [0.29, 0.717) is 0 Å². The Bertz CT molecular complexity index is 436. The Hall–Kier alpha value is -1.98. The molecule has 1 heteroatoms. The summed E-state index contributed by atoms with van der Waals surface area (Å²) in [5.74, 6) is 0. The van der Waals surface area contributed by atoms with Crippen LogP contribution in [0.4, 0.5) is 0 Å². The Kier molecular flexibility index (Phi) is 22.3. The first kappa shape index (κ1) is 25.3. The monoisotopic (exact) mass is 401 g/mol. The van der Waals surface area contributed by atoms with Crippen LogP contribution in [0.3, 0.4) is 0 Å². The smallest absolute Gasteiger partial charge is 0 e. The van der Waals surface area contributed by atoms with Gasteiger partial charge in [-0.3, -0.25) is 6.08 Å². The van der Waals surface area contributed by atoms with Crippen molar-refractivity contribution in [3.05, 3.63) is 141 Å². The van der Waals surface area contributed by atoms with Gasteiger partial charge in [0.25, 0.3) is 0 Å². The molecule has 0 fully saturated rings. The molecule has 0 aromatic heterocycles. The van der Waals surface area contributed by atoms with E-state index in [4.69, 9.17) is 0 Å². The Morgan fingerprint density at radius 2 is 0.880 bits per heavy atom. The number of hydrogen-bond acceptors (Lipinski definition) is 0. The van der Waals surface area contributed by atoms with Gasteiger partial charge in [-0.25, -0.2) is 12.2 Å². The molecule has 0 spiro atoms. The number of benzene rings is 3. The largest absolute Gasteiger partial charge is 0.358 e. The van der Waals surface area contributed by atoms with Gasteiger partial charge in [0.15, 0.2) is 0 Å². The fraction of sp³-hybridized carbons (Fsp3) is 0.0417. The van der Waals surface area contributed by atoms with Crippen LogP contribution in [-0.4, -0.2) is 0 Å². The van der Waals surface area contributed by atoms with Crippen molar-refractivity contribution < 1.29 is 26.2 Å². The normalized spacial score (nSPS) is 9.28. The predicted molar refractivity (Wildman–Crippen MR) is 104 cm³/mol. The van der Waals surface area contributed by atoms with E-state index in [1.165, 1.54) is 0 Å². The van der Waals surface area contributed by atoms with Crippen LogP contribution in [0.2, 0.25) is 0 Å². The molecular weight excluding hydrogens is 379 g/mol. The van der Waals surface area contributed by atoms with E-state index in [9.17, 15) is 0 Å². The van der Waals surface area contributed by atoms with Gasteiger partial charge >= 0.3 is 0 Å². The summed E-state index contributed by atoms with van der Waals surface area (Å²) in [6.45, 7) is 0. The maximum Gasteiger partial charge on any atom is 0 e. The fourth-order valence-corrected chi connectivity index (χ4v) is 1.37. The second kappa shape index (κ2) is 22.0. The summed E-state index contributed by atoms with van der Waals surface area (Å²) in [5, 5.41) is 0. The summed E-state index contributed by atoms with van der Waals surface area (Å²) in [4.78, 5) is 0. The molecule has 0 atom stereocenters. The van der Waals surface area contributed by atoms with Gasteiger partial charge in [-0.1, -0.05) is 0 Å². The van der Waals surface area contributed by atoms with E-state index in [1.54, 1.807) is 0 Å². The van der Waals surface area contributed by atoms with Crippen molar-refractivity contribution in [1.29, 1.82) is 0 Å². The van der Waals surface area contributed by atoms with E-state index < -0.39 is 0 Å². The molecule has 3 aromatic carbocycles. The molecule has 0 saturated carbocycles. The van der Waals surface area contributed by atoms with Crippen LogP contribution in [0.25, 0.3) is 0 Å². The fourth-order valence-electron chi connectivity index (χ4n) is 1.37. The van der Waals surface area contributed by atoms with E-state index in [1.807, 2.05) is 103 Å². The summed E-state index contributed by atoms with van der Waals surface area (Å²) in [5.41, 5.74) is 0. The zero-order valence-corrected chi connectivity index (χ0v) is 17.1. The Labute approximate surface area is 173 Å². The third-order valence-electron chi connectivity index (χ3n) is 2.41. The van der Waals surface area contributed by atoms with Crippen molar-refractivity contribution in [2.45, 2.75) is 6.42 Å². The molecule has 128 valence electrons. The van der Waals surface area contributed by atoms with E-state index in [-0.39, 0.29) is 33.6 Å². The number of hydrogen-bond donors (Lipinski definition) is 0. The standard InChI is InChI=1S/3C6H5.C5H5.CH3.Zr/c3*1-2-4-6-5-3-1;1-2-4-5-3-1;;/h3*1-5H;1-3H,4H2;1H3;/q5*-1;. The van der Waals surface area contributed by atoms with Crippen LogP contribution in [0.5, 0.6) is 0 Å². The van der Waals surface area contributed by atoms with Gasteiger partial charge in [-0.15, -0.1) is 6.42 Å². The van der Waals surface area contributed by atoms with Crippen molar-refractivity contribution in [2.24, 2.45) is 0 Å². The molecule has 1 aliphatic carbocycles. The summed E-state index contributed by atoms with van der Waals surface area (Å²) < 4.78 is 0. The topological polar surface area (TPSA) is 0 Å². The van der Waals surface area contributed by atoms with Crippen molar-refractivity contribution in [1.82, 2.24) is 0 Å². The maximum absolute atomic E-state index is 2.99. The van der Waals surface area contributed by atoms with Gasteiger partial charge in [-0.2, -0.15) is 115 Å². The third-order valence-corrected chi connectivity index (χ3v) is 2.41. The zero-order valence-electron chi connectivity index (χ0n) is 14.6. The first-order chi connectivity index (χ1) is 11.5. The number of allylic oxidation sites excluding steroid dienone is 4. The molecule has 0 radical (unpaired) electrons. The molecule has 0 N–H and O–H groups in total. The first-order valence-corrected chi connectivity index (χ1v) is 7.45. The SMILES string of the molecule is [C-]1=CC=CC1.[CH3-].[Zr].[c-]1ccccc1.[c-]1ccccc1.[c-]1ccccc1. The molecule has 0 saturated heterocycles. The molecule has 3 aromatic rings. The second-order valence-corrected chi connectivity index (χ2v) is 4.24. The van der Waals surface area contributed by atoms with Crippen LogP contribution in [0, 0.1) is 31.7 Å². The Morgan fingerprint density at radius 1 is 0.520 bits per heavy atom. The summed E-state index contributed by atoms with van der Waals surface area (Å²) in [6, 6.07) is 37.5. The minimum atomic E-state index is 0. The van der Waals surface area contributed by atoms with Crippen molar-refractivity contribution in [2.75, 3.05) is 0 Å². The van der Waals surface area contributed by atoms with Crippen LogP contribution in [0.1, 0.15) is 6.42 Å². The van der Waals surface area contributed by atoms with E-state index in [2.05, 4.69) is 30.4 Å².